The molecule has 0 aliphatic carbocycles. The van der Waals surface area contributed by atoms with Crippen molar-refractivity contribution >= 4 is 10.8 Å². The van der Waals surface area contributed by atoms with Crippen LogP contribution in [0.25, 0.3) is 21.9 Å². The third-order valence-electron chi connectivity index (χ3n) is 3.80. The van der Waals surface area contributed by atoms with Crippen molar-refractivity contribution in [3.05, 3.63) is 65.5 Å². The van der Waals surface area contributed by atoms with Gasteiger partial charge in [0.15, 0.2) is 0 Å². The Labute approximate surface area is 138 Å². The summed E-state index contributed by atoms with van der Waals surface area (Å²) >= 11 is 0. The first-order valence-electron chi connectivity index (χ1n) is 7.05. The molecule has 3 aromatic carbocycles. The zero-order chi connectivity index (χ0) is 18.4. The molecule has 7 heteroatoms. The molecule has 3 aromatic rings. The Morgan fingerprint density at radius 3 is 2.16 bits per heavy atom. The molecule has 0 aliphatic rings. The van der Waals surface area contributed by atoms with Crippen LogP contribution in [0, 0.1) is 17.5 Å². The lowest BCUT2D eigenvalue weighted by atomic mass is 9.98. The van der Waals surface area contributed by atoms with Crippen molar-refractivity contribution in [2.75, 3.05) is 7.11 Å². The monoisotopic (exact) mass is 356 g/mol. The van der Waals surface area contributed by atoms with E-state index in [1.165, 1.54) is 31.4 Å². The molecule has 0 unspecified atom stereocenters. The summed E-state index contributed by atoms with van der Waals surface area (Å²) in [5.74, 6) is -3.75. The molecule has 0 fully saturated rings. The van der Waals surface area contributed by atoms with Gasteiger partial charge in [-0.2, -0.15) is 13.2 Å². The van der Waals surface area contributed by atoms with Crippen LogP contribution < -0.4 is 4.74 Å². The first-order valence-corrected chi connectivity index (χ1v) is 7.05. The van der Waals surface area contributed by atoms with E-state index in [2.05, 4.69) is 0 Å². The second kappa shape index (κ2) is 5.98. The normalized spacial score (nSPS) is 11.8. The molecule has 0 saturated carbocycles. The molecule has 0 N–H and O–H groups in total. The minimum Gasteiger partial charge on any atom is -0.497 e. The molecule has 0 atom stereocenters. The highest BCUT2D eigenvalue weighted by Gasteiger charge is 2.38. The Balaban J connectivity index is 2.19. The minimum atomic E-state index is -5.15. The average molecular weight is 356 g/mol. The Morgan fingerprint density at radius 2 is 1.56 bits per heavy atom. The van der Waals surface area contributed by atoms with E-state index in [0.717, 1.165) is 12.1 Å². The summed E-state index contributed by atoms with van der Waals surface area (Å²) in [7, 11) is 1.37. The van der Waals surface area contributed by atoms with Crippen LogP contribution in [0.5, 0.6) is 5.75 Å². The number of fused-ring (bicyclic) bond motifs is 1. The molecular formula is C18H10F6O. The highest BCUT2D eigenvalue weighted by atomic mass is 19.4. The van der Waals surface area contributed by atoms with E-state index in [4.69, 9.17) is 4.74 Å². The number of benzene rings is 3. The minimum absolute atomic E-state index is 0.101. The third kappa shape index (κ3) is 3.01. The Hall–Kier alpha value is -2.70. The van der Waals surface area contributed by atoms with Crippen LogP contribution >= 0.6 is 0 Å². The molecule has 0 aromatic heterocycles. The number of hydrogen-bond acceptors (Lipinski definition) is 1. The lowest BCUT2D eigenvalue weighted by molar-refractivity contribution is -0.142. The quantitative estimate of drug-likeness (QED) is 0.516. The van der Waals surface area contributed by atoms with E-state index in [9.17, 15) is 26.3 Å². The smallest absolute Gasteiger partial charge is 0.422 e. The number of alkyl halides is 3. The number of ether oxygens (including phenoxy) is 1. The average Bonchev–Trinajstić information content (AvgIpc) is 2.52. The maximum Gasteiger partial charge on any atom is 0.422 e. The SMILES string of the molecule is COc1ccc(-c2ccc3c(F)c(C(F)(F)F)c(F)cc3c2)c(F)c1. The van der Waals surface area contributed by atoms with Crippen LogP contribution in [0.2, 0.25) is 0 Å². The molecule has 1 nitrogen and oxygen atoms in total. The van der Waals surface area contributed by atoms with Crippen molar-refractivity contribution in [2.45, 2.75) is 6.18 Å². The maximum atomic E-state index is 14.1. The topological polar surface area (TPSA) is 9.23 Å². The summed E-state index contributed by atoms with van der Waals surface area (Å²) in [5, 5.41) is -0.498. The fraction of sp³-hybridized carbons (Fsp3) is 0.111. The molecule has 130 valence electrons. The van der Waals surface area contributed by atoms with Gasteiger partial charge >= 0.3 is 6.18 Å². The fourth-order valence-corrected chi connectivity index (χ4v) is 2.61. The summed E-state index contributed by atoms with van der Waals surface area (Å²) < 4.78 is 85.1. The molecule has 0 aliphatic heterocycles. The van der Waals surface area contributed by atoms with Crippen molar-refractivity contribution in [1.29, 1.82) is 0 Å². The van der Waals surface area contributed by atoms with Crippen molar-refractivity contribution in [3.63, 3.8) is 0 Å². The van der Waals surface area contributed by atoms with Gasteiger partial charge in [0.05, 0.1) is 7.11 Å². The molecule has 0 amide bonds. The predicted octanol–water partition coefficient (Wildman–Crippen LogP) is 5.95. The highest BCUT2D eigenvalue weighted by Crippen LogP contribution is 2.38. The van der Waals surface area contributed by atoms with Gasteiger partial charge in [0.25, 0.3) is 0 Å². The van der Waals surface area contributed by atoms with Crippen molar-refractivity contribution < 1.29 is 31.1 Å². The zero-order valence-corrected chi connectivity index (χ0v) is 12.7. The van der Waals surface area contributed by atoms with Crippen molar-refractivity contribution in [1.82, 2.24) is 0 Å². The van der Waals surface area contributed by atoms with Crippen LogP contribution in [-0.4, -0.2) is 7.11 Å². The van der Waals surface area contributed by atoms with E-state index in [1.54, 1.807) is 0 Å². The molecule has 0 heterocycles. The maximum absolute atomic E-state index is 14.1. The summed E-state index contributed by atoms with van der Waals surface area (Å²) in [6, 6.07) is 8.20. The summed E-state index contributed by atoms with van der Waals surface area (Å²) in [4.78, 5) is 0. The Kier molecular flexibility index (Phi) is 4.10. The van der Waals surface area contributed by atoms with Gasteiger partial charge in [-0.15, -0.1) is 0 Å². The first kappa shape index (κ1) is 17.1. The molecule has 0 bridgehead atoms. The molecule has 0 radical (unpaired) electrons. The van der Waals surface area contributed by atoms with Gasteiger partial charge in [0.1, 0.15) is 28.8 Å². The van der Waals surface area contributed by atoms with Gasteiger partial charge in [-0.05, 0) is 35.2 Å². The summed E-state index contributed by atoms with van der Waals surface area (Å²) in [6.07, 6.45) is -5.15. The largest absolute Gasteiger partial charge is 0.497 e. The molecule has 0 saturated heterocycles. The second-order valence-electron chi connectivity index (χ2n) is 5.33. The van der Waals surface area contributed by atoms with E-state index < -0.39 is 34.6 Å². The van der Waals surface area contributed by atoms with Crippen molar-refractivity contribution in [3.8, 4) is 16.9 Å². The zero-order valence-electron chi connectivity index (χ0n) is 12.7. The molecule has 0 spiro atoms. The molecular weight excluding hydrogens is 346 g/mol. The van der Waals surface area contributed by atoms with Crippen LogP contribution in [0.1, 0.15) is 5.56 Å². The van der Waals surface area contributed by atoms with Crippen LogP contribution in [0.3, 0.4) is 0 Å². The van der Waals surface area contributed by atoms with Gasteiger partial charge in [-0.3, -0.25) is 0 Å². The fourth-order valence-electron chi connectivity index (χ4n) is 2.61. The van der Waals surface area contributed by atoms with Gasteiger partial charge in [-0.25, -0.2) is 13.2 Å². The lowest BCUT2D eigenvalue weighted by Crippen LogP contribution is -2.11. The van der Waals surface area contributed by atoms with Crippen LogP contribution in [0.4, 0.5) is 26.3 Å². The second-order valence-corrected chi connectivity index (χ2v) is 5.33. The number of rotatable bonds is 2. The van der Waals surface area contributed by atoms with Gasteiger partial charge in [0.2, 0.25) is 0 Å². The Bertz CT molecular complexity index is 962. The highest BCUT2D eigenvalue weighted by molar-refractivity contribution is 5.88. The third-order valence-corrected chi connectivity index (χ3v) is 3.80. The summed E-state index contributed by atoms with van der Waals surface area (Å²) in [6.45, 7) is 0. The van der Waals surface area contributed by atoms with Crippen LogP contribution in [-0.2, 0) is 6.18 Å². The standard InChI is InChI=1S/C18H10F6O/c1-25-11-3-5-12(14(19)8-11)9-2-4-13-10(6-9)7-15(20)16(17(13)21)18(22,23)24/h2-8H,1H3. The van der Waals surface area contributed by atoms with Gasteiger partial charge < -0.3 is 4.74 Å². The number of halogens is 6. The van der Waals surface area contributed by atoms with Crippen molar-refractivity contribution in [2.24, 2.45) is 0 Å². The van der Waals surface area contributed by atoms with E-state index in [-0.39, 0.29) is 22.3 Å². The lowest BCUT2D eigenvalue weighted by Gasteiger charge is -2.12. The van der Waals surface area contributed by atoms with E-state index >= 15 is 0 Å². The van der Waals surface area contributed by atoms with E-state index in [1.807, 2.05) is 0 Å². The van der Waals surface area contributed by atoms with Gasteiger partial charge in [-0.1, -0.05) is 12.1 Å². The number of methoxy groups -OCH3 is 1. The van der Waals surface area contributed by atoms with E-state index in [0.29, 0.717) is 6.07 Å². The number of hydrogen-bond donors (Lipinski definition) is 0. The molecule has 3 rings (SSSR count). The summed E-state index contributed by atoms with van der Waals surface area (Å²) in [5.41, 5.74) is -1.54. The first-order chi connectivity index (χ1) is 11.7. The van der Waals surface area contributed by atoms with Gasteiger partial charge in [0, 0.05) is 17.0 Å². The molecule has 25 heavy (non-hydrogen) atoms. The Morgan fingerprint density at radius 1 is 0.840 bits per heavy atom. The van der Waals surface area contributed by atoms with Crippen LogP contribution in [0.15, 0.2) is 42.5 Å². The predicted molar refractivity (Wildman–Crippen MR) is 80.8 cm³/mol.